The molecule has 0 aromatic carbocycles. The van der Waals surface area contributed by atoms with Gasteiger partial charge in [-0.2, -0.15) is 0 Å². The lowest BCUT2D eigenvalue weighted by Gasteiger charge is -2.49. The predicted molar refractivity (Wildman–Crippen MR) is 192 cm³/mol. The van der Waals surface area contributed by atoms with E-state index >= 15 is 0 Å². The highest BCUT2D eigenvalue weighted by molar-refractivity contribution is 5.73. The molecular formula is C34H60N2O26. The van der Waals surface area contributed by atoms with Crippen LogP contribution in [0.2, 0.25) is 0 Å². The molecule has 4 saturated heterocycles. The normalized spacial score (nSPS) is 43.6. The molecule has 0 aromatic rings. The molecule has 0 bridgehead atoms. The predicted octanol–water partition coefficient (Wildman–Crippen LogP) is -12.0. The highest BCUT2D eigenvalue weighted by Crippen LogP contribution is 2.34. The van der Waals surface area contributed by atoms with Crippen LogP contribution >= 0.6 is 0 Å². The average Bonchev–Trinajstić information content (AvgIpc) is 3.24. The first-order chi connectivity index (χ1) is 29.2. The van der Waals surface area contributed by atoms with E-state index in [1.165, 1.54) is 0 Å². The smallest absolute Gasteiger partial charge is 0.217 e. The van der Waals surface area contributed by atoms with Gasteiger partial charge in [-0.25, -0.2) is 0 Å². The van der Waals surface area contributed by atoms with E-state index in [1.54, 1.807) is 0 Å². The summed E-state index contributed by atoms with van der Waals surface area (Å²) < 4.78 is 45.2. The van der Waals surface area contributed by atoms with Crippen molar-refractivity contribution in [1.29, 1.82) is 0 Å². The number of aliphatic hydroxyl groups is 16. The van der Waals surface area contributed by atoms with Gasteiger partial charge in [-0.3, -0.25) is 9.59 Å². The molecule has 0 spiro atoms. The fourth-order valence-electron chi connectivity index (χ4n) is 7.32. The Balaban J connectivity index is 1.65. The minimum atomic E-state index is -2.20. The molecule has 4 fully saturated rings. The van der Waals surface area contributed by atoms with Crippen LogP contribution in [0.4, 0.5) is 0 Å². The molecule has 4 unspecified atom stereocenters. The minimum absolute atomic E-state index is 0.718. The molecule has 0 radical (unpaired) electrons. The van der Waals surface area contributed by atoms with Crippen molar-refractivity contribution in [1.82, 2.24) is 10.6 Å². The number of carbonyl (C=O) groups excluding carboxylic acids is 2. The fraction of sp³-hybridized carbons (Fsp3) is 0.941. The molecule has 0 aromatic heterocycles. The topological polar surface area (TPSA) is 456 Å². The Morgan fingerprint density at radius 1 is 0.548 bits per heavy atom. The monoisotopic (exact) mass is 912 g/mol. The third-order valence-corrected chi connectivity index (χ3v) is 10.8. The summed E-state index contributed by atoms with van der Waals surface area (Å²) in [7, 11) is 0. The first-order valence-corrected chi connectivity index (χ1v) is 19.5. The summed E-state index contributed by atoms with van der Waals surface area (Å²) in [5.41, 5.74) is 0. The van der Waals surface area contributed by atoms with Crippen LogP contribution in [0.15, 0.2) is 0 Å². The second-order valence-corrected chi connectivity index (χ2v) is 15.2. The van der Waals surface area contributed by atoms with Crippen LogP contribution < -0.4 is 10.6 Å². The number of nitrogens with one attached hydrogen (secondary N) is 2. The summed E-state index contributed by atoms with van der Waals surface area (Å²) >= 11 is 0. The minimum Gasteiger partial charge on any atom is -0.394 e. The molecule has 28 nitrogen and oxygen atoms in total. The Hall–Kier alpha value is -2.02. The maximum atomic E-state index is 12.4. The van der Waals surface area contributed by atoms with Crippen molar-refractivity contribution in [3.63, 3.8) is 0 Å². The van der Waals surface area contributed by atoms with Gasteiger partial charge in [0.05, 0.1) is 45.7 Å². The van der Waals surface area contributed by atoms with Crippen molar-refractivity contribution in [2.45, 2.75) is 161 Å². The van der Waals surface area contributed by atoms with Crippen molar-refractivity contribution >= 4 is 11.8 Å². The molecule has 24 atom stereocenters. The van der Waals surface area contributed by atoms with Gasteiger partial charge in [0.2, 0.25) is 11.8 Å². The van der Waals surface area contributed by atoms with Crippen LogP contribution in [0.5, 0.6) is 0 Å². The Kier molecular flexibility index (Phi) is 19.9. The van der Waals surface area contributed by atoms with E-state index in [4.69, 9.17) is 37.9 Å². The second-order valence-electron chi connectivity index (χ2n) is 15.2. The lowest BCUT2D eigenvalue weighted by atomic mass is 9.94. The molecule has 4 aliphatic heterocycles. The summed E-state index contributed by atoms with van der Waals surface area (Å²) in [6, 6.07) is -3.25. The zero-order valence-electron chi connectivity index (χ0n) is 33.3. The first-order valence-electron chi connectivity index (χ1n) is 19.5. The molecule has 4 heterocycles. The Bertz CT molecular complexity index is 1390. The summed E-state index contributed by atoms with van der Waals surface area (Å²) in [4.78, 5) is 24.1. The number of carbonyl (C=O) groups is 2. The average molecular weight is 913 g/mol. The number of hydrogen-bond donors (Lipinski definition) is 18. The molecule has 18 N–H and O–H groups in total. The van der Waals surface area contributed by atoms with Crippen molar-refractivity contribution in [2.24, 2.45) is 0 Å². The van der Waals surface area contributed by atoms with E-state index < -0.39 is 199 Å². The van der Waals surface area contributed by atoms with E-state index in [0.29, 0.717) is 0 Å². The summed E-state index contributed by atoms with van der Waals surface area (Å²) in [5.74, 6) is -1.56. The van der Waals surface area contributed by atoms with Gasteiger partial charge in [-0.1, -0.05) is 0 Å². The van der Waals surface area contributed by atoms with E-state index in [-0.39, 0.29) is 0 Å². The zero-order valence-corrected chi connectivity index (χ0v) is 33.3. The van der Waals surface area contributed by atoms with Gasteiger partial charge < -0.3 is 130 Å². The van der Waals surface area contributed by atoms with Crippen LogP contribution in [0.25, 0.3) is 0 Å². The van der Waals surface area contributed by atoms with E-state index in [0.717, 1.165) is 13.8 Å². The van der Waals surface area contributed by atoms with Crippen LogP contribution in [0, 0.1) is 0 Å². The quantitative estimate of drug-likeness (QED) is 0.0572. The largest absolute Gasteiger partial charge is 0.394 e. The van der Waals surface area contributed by atoms with Gasteiger partial charge in [0.1, 0.15) is 116 Å². The second kappa shape index (κ2) is 23.4. The van der Waals surface area contributed by atoms with Crippen LogP contribution in [0.3, 0.4) is 0 Å². The Morgan fingerprint density at radius 2 is 1.05 bits per heavy atom. The highest BCUT2D eigenvalue weighted by Gasteiger charge is 2.55. The molecule has 0 saturated carbocycles. The van der Waals surface area contributed by atoms with E-state index in [9.17, 15) is 91.3 Å². The number of amides is 2. The third kappa shape index (κ3) is 12.1. The summed E-state index contributed by atoms with van der Waals surface area (Å²) in [6.07, 6.45) is -41.8. The molecule has 62 heavy (non-hydrogen) atoms. The van der Waals surface area contributed by atoms with Crippen molar-refractivity contribution < 1.29 is 129 Å². The Morgan fingerprint density at radius 3 is 1.56 bits per heavy atom. The zero-order chi connectivity index (χ0) is 46.3. The molecule has 4 aliphatic rings. The van der Waals surface area contributed by atoms with Gasteiger partial charge in [-0.15, -0.1) is 0 Å². The maximum Gasteiger partial charge on any atom is 0.217 e. The lowest BCUT2D eigenvalue weighted by Crippen LogP contribution is -2.69. The Labute approximate surface area is 352 Å². The van der Waals surface area contributed by atoms with Gasteiger partial charge in [0.15, 0.2) is 25.2 Å². The summed E-state index contributed by atoms with van der Waals surface area (Å²) in [6.45, 7) is -3.54. The number of ether oxygens (including phenoxy) is 8. The molecule has 4 rings (SSSR count). The van der Waals surface area contributed by atoms with E-state index in [2.05, 4.69) is 10.6 Å². The molecule has 2 amide bonds. The lowest BCUT2D eigenvalue weighted by molar-refractivity contribution is -0.382. The van der Waals surface area contributed by atoms with Crippen LogP contribution in [-0.4, -0.2) is 280 Å². The highest BCUT2D eigenvalue weighted by atomic mass is 16.8. The summed E-state index contributed by atoms with van der Waals surface area (Å²) in [5, 5.41) is 172. The van der Waals surface area contributed by atoms with Gasteiger partial charge in [0, 0.05) is 13.8 Å². The van der Waals surface area contributed by atoms with Crippen molar-refractivity contribution in [2.75, 3.05) is 39.6 Å². The third-order valence-electron chi connectivity index (χ3n) is 10.8. The van der Waals surface area contributed by atoms with Gasteiger partial charge >= 0.3 is 0 Å². The molecule has 362 valence electrons. The molecule has 28 heteroatoms. The number of hydrogen-bond acceptors (Lipinski definition) is 26. The standard InChI is InChI=1S/C34H60N2O26/c1-9(42)35-11(3-37)18(45)28(12(44)4-38)60-31-17(36-10(2)43)22(49)29(15(7-41)58-31)61-34-27(54)30(62-33-26(53)24(51)20(47)14(6-40)57-33)21(48)16(59-34)8-55-32-25(52)23(50)19(46)13(5-39)56-32/h11-34,37-41,44-54H,3-8H2,1-2H3,(H,35,42)(H,36,43)/t11-,12+,13+,14+,15+,16+,17+,18+,19+,20+,21+,22+,23-,24-,25-,26-,27-,28+,29+,30-,31?,32?,33?,34?/m0/s1. The van der Waals surface area contributed by atoms with Crippen molar-refractivity contribution in [3.05, 3.63) is 0 Å². The van der Waals surface area contributed by atoms with Crippen LogP contribution in [0.1, 0.15) is 13.8 Å². The van der Waals surface area contributed by atoms with E-state index in [1.807, 2.05) is 0 Å². The molecular weight excluding hydrogens is 852 g/mol. The van der Waals surface area contributed by atoms with Crippen LogP contribution in [-0.2, 0) is 47.5 Å². The number of rotatable bonds is 19. The maximum absolute atomic E-state index is 12.4. The van der Waals surface area contributed by atoms with Gasteiger partial charge in [0.25, 0.3) is 0 Å². The van der Waals surface area contributed by atoms with Gasteiger partial charge in [-0.05, 0) is 0 Å². The van der Waals surface area contributed by atoms with Crippen molar-refractivity contribution in [3.8, 4) is 0 Å². The molecule has 0 aliphatic carbocycles. The SMILES string of the molecule is CC(=O)N[C@@H](CO)[C@@H](O)[C@H](OC1O[C@H](CO)[C@@H](OC2O[C@H](COC3O[C@H](CO)[C@@H](O)[C@H](O)[C@@H]3O)[C@@H](O)[C@H](OC3O[C@H](CO)[C@@H](O)[C@H](O)[C@@H]3O)[C@@H]2O)[C@H](O)[C@H]1NC(C)=O)[C@H](O)CO. The fourth-order valence-corrected chi connectivity index (χ4v) is 7.32. The first kappa shape index (κ1) is 52.6. The number of aliphatic hydroxyl groups excluding tert-OH is 16.